The molecule has 0 aromatic heterocycles. The summed E-state index contributed by atoms with van der Waals surface area (Å²) in [5, 5.41) is 0. The Morgan fingerprint density at radius 1 is 0.818 bits per heavy atom. The molecule has 0 bridgehead atoms. The molecule has 0 aromatic rings. The summed E-state index contributed by atoms with van der Waals surface area (Å²) in [6.45, 7) is 5.46. The second kappa shape index (κ2) is 11.5. The van der Waals surface area contributed by atoms with Gasteiger partial charge in [0.15, 0.2) is 0 Å². The van der Waals surface area contributed by atoms with Crippen molar-refractivity contribution in [3.8, 4) is 0 Å². The summed E-state index contributed by atoms with van der Waals surface area (Å²) in [7, 11) is 0. The van der Waals surface area contributed by atoms with Crippen LogP contribution < -0.4 is 11.5 Å². The normalized spacial score (nSPS) is 20.0. The highest BCUT2D eigenvalue weighted by Gasteiger charge is 2.16. The largest absolute Gasteiger partial charge is 0.374 e. The SMILES string of the molecule is C=C(COC1CCCCC1)COC1CCCCC1.NC(N)=O. The van der Waals surface area contributed by atoms with E-state index in [1.54, 1.807) is 0 Å². The molecule has 0 saturated heterocycles. The number of urea groups is 1. The average molecular weight is 312 g/mol. The second-order valence-corrected chi connectivity index (χ2v) is 6.29. The van der Waals surface area contributed by atoms with Gasteiger partial charge in [0.25, 0.3) is 0 Å². The van der Waals surface area contributed by atoms with E-state index in [9.17, 15) is 0 Å². The molecule has 2 fully saturated rings. The number of rotatable bonds is 6. The molecule has 5 nitrogen and oxygen atoms in total. The molecule has 0 aromatic carbocycles. The molecule has 2 aliphatic rings. The molecule has 0 radical (unpaired) electrons. The van der Waals surface area contributed by atoms with Gasteiger partial charge in [0.1, 0.15) is 0 Å². The minimum Gasteiger partial charge on any atom is -0.374 e. The van der Waals surface area contributed by atoms with Crippen LogP contribution in [0, 0.1) is 0 Å². The van der Waals surface area contributed by atoms with Crippen LogP contribution in [0.25, 0.3) is 0 Å². The first-order chi connectivity index (χ1) is 10.6. The van der Waals surface area contributed by atoms with Gasteiger partial charge in [0.05, 0.1) is 25.4 Å². The van der Waals surface area contributed by atoms with Crippen molar-refractivity contribution in [1.29, 1.82) is 0 Å². The van der Waals surface area contributed by atoms with Crippen LogP contribution in [0.3, 0.4) is 0 Å². The predicted octanol–water partition coefficient (Wildman–Crippen LogP) is 3.27. The maximum absolute atomic E-state index is 9.00. The first-order valence-electron chi connectivity index (χ1n) is 8.52. The molecule has 0 heterocycles. The summed E-state index contributed by atoms with van der Waals surface area (Å²) in [6, 6.07) is -0.833. The lowest BCUT2D eigenvalue weighted by Crippen LogP contribution is -2.21. The smallest absolute Gasteiger partial charge is 0.309 e. The molecule has 0 aliphatic heterocycles. The zero-order chi connectivity index (χ0) is 16.2. The van der Waals surface area contributed by atoms with Crippen molar-refractivity contribution in [2.45, 2.75) is 76.4 Å². The molecule has 0 spiro atoms. The molecule has 5 heteroatoms. The van der Waals surface area contributed by atoms with E-state index in [1.807, 2.05) is 0 Å². The van der Waals surface area contributed by atoms with Crippen LogP contribution in [0.2, 0.25) is 0 Å². The van der Waals surface area contributed by atoms with Crippen LogP contribution >= 0.6 is 0 Å². The average Bonchev–Trinajstić information content (AvgIpc) is 2.52. The van der Waals surface area contributed by atoms with Crippen molar-refractivity contribution >= 4 is 6.03 Å². The summed E-state index contributed by atoms with van der Waals surface area (Å²) in [5.41, 5.74) is 9.60. The van der Waals surface area contributed by atoms with Gasteiger partial charge in [-0.15, -0.1) is 0 Å². The molecule has 2 saturated carbocycles. The fourth-order valence-electron chi connectivity index (χ4n) is 2.98. The monoisotopic (exact) mass is 312 g/mol. The Morgan fingerprint density at radius 3 is 1.45 bits per heavy atom. The number of hydrogen-bond donors (Lipinski definition) is 2. The van der Waals surface area contributed by atoms with Crippen LogP contribution in [0.5, 0.6) is 0 Å². The summed E-state index contributed by atoms with van der Waals surface area (Å²) in [5.74, 6) is 0. The lowest BCUT2D eigenvalue weighted by atomic mass is 9.97. The van der Waals surface area contributed by atoms with Gasteiger partial charge in [-0.25, -0.2) is 4.79 Å². The maximum atomic E-state index is 9.00. The molecule has 2 aliphatic carbocycles. The lowest BCUT2D eigenvalue weighted by molar-refractivity contribution is 0.0165. The maximum Gasteiger partial charge on any atom is 0.309 e. The van der Waals surface area contributed by atoms with E-state index >= 15 is 0 Å². The zero-order valence-corrected chi connectivity index (χ0v) is 13.7. The molecule has 0 atom stereocenters. The van der Waals surface area contributed by atoms with Crippen LogP contribution in [0.1, 0.15) is 64.2 Å². The van der Waals surface area contributed by atoms with E-state index in [1.165, 1.54) is 64.2 Å². The first-order valence-corrected chi connectivity index (χ1v) is 8.52. The third-order valence-electron chi connectivity index (χ3n) is 4.15. The predicted molar refractivity (Wildman–Crippen MR) is 88.6 cm³/mol. The molecule has 4 N–H and O–H groups in total. The van der Waals surface area contributed by atoms with E-state index < -0.39 is 6.03 Å². The molecular formula is C17H32N2O3. The number of amides is 2. The number of hydrogen-bond acceptors (Lipinski definition) is 3. The van der Waals surface area contributed by atoms with Gasteiger partial charge in [0.2, 0.25) is 0 Å². The summed E-state index contributed by atoms with van der Waals surface area (Å²) in [4.78, 5) is 9.00. The van der Waals surface area contributed by atoms with Crippen molar-refractivity contribution < 1.29 is 14.3 Å². The molecule has 22 heavy (non-hydrogen) atoms. The fraction of sp³-hybridized carbons (Fsp3) is 0.824. The highest BCUT2D eigenvalue weighted by molar-refractivity contribution is 5.69. The zero-order valence-electron chi connectivity index (χ0n) is 13.7. The third-order valence-corrected chi connectivity index (χ3v) is 4.15. The van der Waals surface area contributed by atoms with Crippen LogP contribution in [0.15, 0.2) is 12.2 Å². The Kier molecular flexibility index (Phi) is 9.91. The van der Waals surface area contributed by atoms with E-state index in [2.05, 4.69) is 18.0 Å². The van der Waals surface area contributed by atoms with E-state index in [-0.39, 0.29) is 0 Å². The van der Waals surface area contributed by atoms with Gasteiger partial charge in [-0.05, 0) is 31.3 Å². The highest BCUT2D eigenvalue weighted by atomic mass is 16.5. The Morgan fingerprint density at radius 2 is 1.14 bits per heavy atom. The number of primary amides is 2. The third kappa shape index (κ3) is 9.79. The van der Waals surface area contributed by atoms with Gasteiger partial charge in [0, 0.05) is 0 Å². The standard InChI is InChI=1S/C16H28O2.CH4N2O/c1-14(12-17-15-8-4-2-5-9-15)13-18-16-10-6-3-7-11-16;2-1(3)4/h15-16H,1-13H2;(H4,2,3,4). The minimum absolute atomic E-state index is 0.477. The number of nitrogens with two attached hydrogens (primary N) is 2. The molecular weight excluding hydrogens is 280 g/mol. The van der Waals surface area contributed by atoms with E-state index in [0.717, 1.165) is 5.57 Å². The van der Waals surface area contributed by atoms with Gasteiger partial charge < -0.3 is 20.9 Å². The Balaban J connectivity index is 0.000000541. The molecule has 2 rings (SSSR count). The van der Waals surface area contributed by atoms with Gasteiger partial charge >= 0.3 is 6.03 Å². The van der Waals surface area contributed by atoms with Gasteiger partial charge in [-0.1, -0.05) is 45.1 Å². The number of ether oxygens (including phenoxy) is 2. The Hall–Kier alpha value is -1.07. The summed E-state index contributed by atoms with van der Waals surface area (Å²) < 4.78 is 11.8. The highest BCUT2D eigenvalue weighted by Crippen LogP contribution is 2.22. The van der Waals surface area contributed by atoms with Crippen LogP contribution in [-0.2, 0) is 9.47 Å². The van der Waals surface area contributed by atoms with Crippen molar-refractivity contribution in [2.24, 2.45) is 11.5 Å². The van der Waals surface area contributed by atoms with E-state index in [0.29, 0.717) is 25.4 Å². The Bertz CT molecular complexity index is 294. The summed E-state index contributed by atoms with van der Waals surface area (Å²) in [6.07, 6.45) is 14.0. The number of carbonyl (C=O) groups is 1. The van der Waals surface area contributed by atoms with E-state index in [4.69, 9.17) is 14.3 Å². The lowest BCUT2D eigenvalue weighted by Gasteiger charge is -2.24. The molecule has 0 unspecified atom stereocenters. The Labute approximate surface area is 134 Å². The van der Waals surface area contributed by atoms with Crippen molar-refractivity contribution in [2.75, 3.05) is 13.2 Å². The van der Waals surface area contributed by atoms with Crippen LogP contribution in [0.4, 0.5) is 4.79 Å². The van der Waals surface area contributed by atoms with Crippen LogP contribution in [-0.4, -0.2) is 31.5 Å². The molecule has 128 valence electrons. The van der Waals surface area contributed by atoms with Crippen molar-refractivity contribution in [3.63, 3.8) is 0 Å². The van der Waals surface area contributed by atoms with Crippen molar-refractivity contribution in [1.82, 2.24) is 0 Å². The second-order valence-electron chi connectivity index (χ2n) is 6.29. The number of carbonyl (C=O) groups excluding carboxylic acids is 1. The summed E-state index contributed by atoms with van der Waals surface area (Å²) >= 11 is 0. The fourth-order valence-corrected chi connectivity index (χ4v) is 2.98. The quantitative estimate of drug-likeness (QED) is 0.738. The first kappa shape index (κ1) is 19.0. The topological polar surface area (TPSA) is 87.6 Å². The minimum atomic E-state index is -0.833. The van der Waals surface area contributed by atoms with Gasteiger partial charge in [-0.3, -0.25) is 0 Å². The van der Waals surface area contributed by atoms with Gasteiger partial charge in [-0.2, -0.15) is 0 Å². The van der Waals surface area contributed by atoms with Crippen molar-refractivity contribution in [3.05, 3.63) is 12.2 Å². The molecule has 2 amide bonds.